The summed E-state index contributed by atoms with van der Waals surface area (Å²) in [5, 5.41) is 2.68. The third-order valence-corrected chi connectivity index (χ3v) is 2.10. The lowest BCUT2D eigenvalue weighted by Gasteiger charge is -2.05. The van der Waals surface area contributed by atoms with Crippen LogP contribution >= 0.6 is 0 Å². The number of ether oxygens (including phenoxy) is 1. The molecule has 2 heterocycles. The van der Waals surface area contributed by atoms with Gasteiger partial charge in [0.05, 0.1) is 24.7 Å². The molecule has 0 saturated heterocycles. The topological polar surface area (TPSA) is 77.0 Å². The van der Waals surface area contributed by atoms with Crippen molar-refractivity contribution >= 4 is 11.6 Å². The molecule has 2 aromatic rings. The maximum atomic E-state index is 11.8. The maximum Gasteiger partial charge on any atom is 0.316 e. The van der Waals surface area contributed by atoms with Gasteiger partial charge in [-0.3, -0.25) is 9.78 Å². The van der Waals surface area contributed by atoms with E-state index in [1.165, 1.54) is 12.4 Å². The summed E-state index contributed by atoms with van der Waals surface area (Å²) >= 11 is 0. The fourth-order valence-electron chi connectivity index (χ4n) is 1.29. The lowest BCUT2D eigenvalue weighted by molar-refractivity contribution is 0.102. The van der Waals surface area contributed by atoms with Gasteiger partial charge < -0.3 is 10.1 Å². The van der Waals surface area contributed by atoms with Crippen LogP contribution in [0.4, 0.5) is 5.69 Å². The number of carbonyl (C=O) groups excluding carboxylic acids is 1. The molecule has 0 bridgehead atoms. The average Bonchev–Trinajstić information content (AvgIpc) is 2.42. The molecule has 92 valence electrons. The Morgan fingerprint density at radius 2 is 1.94 bits per heavy atom. The molecule has 0 radical (unpaired) electrons. The van der Waals surface area contributed by atoms with Gasteiger partial charge in [-0.05, 0) is 19.1 Å². The van der Waals surface area contributed by atoms with Crippen molar-refractivity contribution in [1.29, 1.82) is 0 Å². The highest BCUT2D eigenvalue weighted by Crippen LogP contribution is 2.09. The lowest BCUT2D eigenvalue weighted by atomic mass is 10.2. The smallest absolute Gasteiger partial charge is 0.316 e. The fourth-order valence-corrected chi connectivity index (χ4v) is 1.29. The number of pyridine rings is 1. The Bertz CT molecular complexity index is 513. The number of nitrogens with one attached hydrogen (secondary N) is 1. The summed E-state index contributed by atoms with van der Waals surface area (Å²) in [7, 11) is 0. The number of nitrogens with zero attached hydrogens (tertiary/aromatic N) is 3. The van der Waals surface area contributed by atoms with Crippen molar-refractivity contribution in [3.63, 3.8) is 0 Å². The SMILES string of the molecule is CCOc1ncc(NC(=O)c2ccncc2)cn1. The highest BCUT2D eigenvalue weighted by molar-refractivity contribution is 6.03. The summed E-state index contributed by atoms with van der Waals surface area (Å²) < 4.78 is 5.11. The third-order valence-electron chi connectivity index (χ3n) is 2.10. The highest BCUT2D eigenvalue weighted by atomic mass is 16.5. The molecule has 2 aromatic heterocycles. The summed E-state index contributed by atoms with van der Waals surface area (Å²) in [6.07, 6.45) is 6.11. The number of aromatic nitrogens is 3. The largest absolute Gasteiger partial charge is 0.464 e. The highest BCUT2D eigenvalue weighted by Gasteiger charge is 2.06. The minimum Gasteiger partial charge on any atom is -0.464 e. The van der Waals surface area contributed by atoms with Crippen molar-refractivity contribution in [3.8, 4) is 6.01 Å². The Hall–Kier alpha value is -2.50. The van der Waals surface area contributed by atoms with Gasteiger partial charge in [-0.15, -0.1) is 0 Å². The maximum absolute atomic E-state index is 11.8. The number of anilines is 1. The summed E-state index contributed by atoms with van der Waals surface area (Å²) in [6.45, 7) is 2.35. The molecule has 0 aliphatic carbocycles. The summed E-state index contributed by atoms with van der Waals surface area (Å²) in [5.74, 6) is -0.231. The molecule has 0 unspecified atom stereocenters. The van der Waals surface area contributed by atoms with E-state index in [0.29, 0.717) is 23.9 Å². The van der Waals surface area contributed by atoms with Crippen LogP contribution in [-0.4, -0.2) is 27.5 Å². The van der Waals surface area contributed by atoms with E-state index in [0.717, 1.165) is 0 Å². The van der Waals surface area contributed by atoms with Gasteiger partial charge in [0.1, 0.15) is 0 Å². The van der Waals surface area contributed by atoms with E-state index in [4.69, 9.17) is 4.74 Å². The zero-order valence-electron chi connectivity index (χ0n) is 9.83. The Morgan fingerprint density at radius 1 is 1.28 bits per heavy atom. The molecule has 0 spiro atoms. The first-order valence-electron chi connectivity index (χ1n) is 5.46. The van der Waals surface area contributed by atoms with Crippen LogP contribution in [0.25, 0.3) is 0 Å². The molecule has 0 fully saturated rings. The second-order valence-corrected chi connectivity index (χ2v) is 3.38. The predicted molar refractivity (Wildman–Crippen MR) is 65.4 cm³/mol. The normalized spacial score (nSPS) is 9.83. The summed E-state index contributed by atoms with van der Waals surface area (Å²) in [6, 6.07) is 3.55. The Balaban J connectivity index is 2.03. The number of hydrogen-bond acceptors (Lipinski definition) is 5. The zero-order chi connectivity index (χ0) is 12.8. The summed E-state index contributed by atoms with van der Waals surface area (Å²) in [4.78, 5) is 23.6. The number of hydrogen-bond donors (Lipinski definition) is 1. The van der Waals surface area contributed by atoms with E-state index in [2.05, 4.69) is 20.3 Å². The molecule has 1 amide bonds. The van der Waals surface area contributed by atoms with Crippen LogP contribution in [0.5, 0.6) is 6.01 Å². The van der Waals surface area contributed by atoms with Gasteiger partial charge in [0.25, 0.3) is 5.91 Å². The second-order valence-electron chi connectivity index (χ2n) is 3.38. The lowest BCUT2D eigenvalue weighted by Crippen LogP contribution is -2.12. The van der Waals surface area contributed by atoms with Gasteiger partial charge in [-0.2, -0.15) is 0 Å². The van der Waals surface area contributed by atoms with Gasteiger partial charge in [0, 0.05) is 18.0 Å². The molecule has 0 saturated carbocycles. The zero-order valence-corrected chi connectivity index (χ0v) is 9.83. The quantitative estimate of drug-likeness (QED) is 0.882. The average molecular weight is 244 g/mol. The first kappa shape index (κ1) is 12.0. The minimum absolute atomic E-state index is 0.231. The predicted octanol–water partition coefficient (Wildman–Crippen LogP) is 1.52. The Kier molecular flexibility index (Phi) is 3.80. The number of carbonyl (C=O) groups is 1. The Morgan fingerprint density at radius 3 is 2.56 bits per heavy atom. The molecule has 0 aliphatic rings. The van der Waals surface area contributed by atoms with Gasteiger partial charge in [0.2, 0.25) is 0 Å². The number of rotatable bonds is 4. The van der Waals surface area contributed by atoms with E-state index < -0.39 is 0 Å². The van der Waals surface area contributed by atoms with Gasteiger partial charge in [-0.1, -0.05) is 0 Å². The van der Waals surface area contributed by atoms with Crippen molar-refractivity contribution in [1.82, 2.24) is 15.0 Å². The van der Waals surface area contributed by atoms with Crippen molar-refractivity contribution in [3.05, 3.63) is 42.5 Å². The summed E-state index contributed by atoms with van der Waals surface area (Å²) in [5.41, 5.74) is 1.04. The molecular formula is C12H12N4O2. The standard InChI is InChI=1S/C12H12N4O2/c1-2-18-12-14-7-10(8-15-12)16-11(17)9-3-5-13-6-4-9/h3-8H,2H2,1H3,(H,16,17). The second kappa shape index (κ2) is 5.72. The van der Waals surface area contributed by atoms with Crippen molar-refractivity contribution in [2.45, 2.75) is 6.92 Å². The van der Waals surface area contributed by atoms with Gasteiger partial charge in [-0.25, -0.2) is 9.97 Å². The van der Waals surface area contributed by atoms with Gasteiger partial charge >= 0.3 is 6.01 Å². The first-order valence-corrected chi connectivity index (χ1v) is 5.46. The molecule has 0 aliphatic heterocycles. The molecule has 0 aromatic carbocycles. The van der Waals surface area contributed by atoms with Crippen LogP contribution in [0.3, 0.4) is 0 Å². The third kappa shape index (κ3) is 3.00. The van der Waals surface area contributed by atoms with E-state index in [-0.39, 0.29) is 5.91 Å². The molecule has 6 heteroatoms. The van der Waals surface area contributed by atoms with E-state index in [1.54, 1.807) is 24.5 Å². The van der Waals surface area contributed by atoms with Crippen LogP contribution in [0, 0.1) is 0 Å². The molecule has 2 rings (SSSR count). The van der Waals surface area contributed by atoms with Gasteiger partial charge in [0.15, 0.2) is 0 Å². The van der Waals surface area contributed by atoms with E-state index in [9.17, 15) is 4.79 Å². The number of amides is 1. The van der Waals surface area contributed by atoms with Crippen molar-refractivity contribution in [2.75, 3.05) is 11.9 Å². The van der Waals surface area contributed by atoms with Crippen LogP contribution < -0.4 is 10.1 Å². The molecule has 1 N–H and O–H groups in total. The fraction of sp³-hybridized carbons (Fsp3) is 0.167. The Labute approximate surface area is 104 Å². The van der Waals surface area contributed by atoms with E-state index >= 15 is 0 Å². The van der Waals surface area contributed by atoms with Crippen LogP contribution in [0.2, 0.25) is 0 Å². The van der Waals surface area contributed by atoms with Crippen LogP contribution in [0.1, 0.15) is 17.3 Å². The van der Waals surface area contributed by atoms with E-state index in [1.807, 2.05) is 6.92 Å². The first-order chi connectivity index (χ1) is 8.79. The van der Waals surface area contributed by atoms with Crippen LogP contribution in [0.15, 0.2) is 36.9 Å². The monoisotopic (exact) mass is 244 g/mol. The van der Waals surface area contributed by atoms with Crippen molar-refractivity contribution in [2.24, 2.45) is 0 Å². The molecule has 6 nitrogen and oxygen atoms in total. The molecule has 0 atom stereocenters. The van der Waals surface area contributed by atoms with Crippen LogP contribution in [-0.2, 0) is 0 Å². The molecular weight excluding hydrogens is 232 g/mol. The minimum atomic E-state index is -0.231. The molecule has 18 heavy (non-hydrogen) atoms. The van der Waals surface area contributed by atoms with Crippen molar-refractivity contribution < 1.29 is 9.53 Å².